The van der Waals surface area contributed by atoms with E-state index in [1.807, 2.05) is 0 Å². The van der Waals surface area contributed by atoms with Crippen LogP contribution in [0.25, 0.3) is 0 Å². The number of rotatable bonds is 4. The molecule has 0 amide bonds. The van der Waals surface area contributed by atoms with E-state index < -0.39 is 11.5 Å². The van der Waals surface area contributed by atoms with Crippen molar-refractivity contribution >= 4 is 11.8 Å². The lowest BCUT2D eigenvalue weighted by atomic mass is 9.77. The highest BCUT2D eigenvalue weighted by molar-refractivity contribution is 5.85. The number of carbonyl (C=O) groups is 1. The summed E-state index contributed by atoms with van der Waals surface area (Å²) in [6.07, 6.45) is 6.60. The molecule has 2 rings (SSSR count). The highest BCUT2D eigenvalue weighted by Crippen LogP contribution is 2.34. The van der Waals surface area contributed by atoms with Crippen LogP contribution in [0, 0.1) is 5.92 Å². The Morgan fingerprint density at radius 3 is 3.00 bits per heavy atom. The van der Waals surface area contributed by atoms with Crippen molar-refractivity contribution in [1.29, 1.82) is 0 Å². The molecule has 2 atom stereocenters. The summed E-state index contributed by atoms with van der Waals surface area (Å²) in [5.41, 5.74) is -0.509. The van der Waals surface area contributed by atoms with Gasteiger partial charge in [-0.05, 0) is 18.8 Å². The van der Waals surface area contributed by atoms with E-state index in [1.165, 1.54) is 12.4 Å². The minimum atomic E-state index is -1.11. The van der Waals surface area contributed by atoms with E-state index in [0.717, 1.165) is 25.7 Å². The van der Waals surface area contributed by atoms with Crippen LogP contribution in [0.15, 0.2) is 12.4 Å². The van der Waals surface area contributed by atoms with E-state index in [1.54, 1.807) is 0 Å². The van der Waals surface area contributed by atoms with Crippen LogP contribution in [0.2, 0.25) is 0 Å². The first-order valence-electron chi connectivity index (χ1n) is 6.49. The van der Waals surface area contributed by atoms with Crippen LogP contribution < -0.4 is 5.32 Å². The molecule has 3 N–H and O–H groups in total. The van der Waals surface area contributed by atoms with Crippen molar-refractivity contribution in [1.82, 2.24) is 9.97 Å². The van der Waals surface area contributed by atoms with Crippen LogP contribution in [0.3, 0.4) is 0 Å². The van der Waals surface area contributed by atoms with Crippen LogP contribution in [-0.2, 0) is 0 Å². The summed E-state index contributed by atoms with van der Waals surface area (Å²) in [6, 6.07) is 0. The number of aromatic carboxylic acids is 1. The van der Waals surface area contributed by atoms with Crippen molar-refractivity contribution in [3.8, 4) is 0 Å². The molecule has 0 aromatic carbocycles. The van der Waals surface area contributed by atoms with Gasteiger partial charge in [0.2, 0.25) is 0 Å². The van der Waals surface area contributed by atoms with E-state index >= 15 is 0 Å². The van der Waals surface area contributed by atoms with Crippen LogP contribution in [0.5, 0.6) is 0 Å². The number of carboxylic acids is 1. The lowest BCUT2D eigenvalue weighted by Gasteiger charge is -2.39. The zero-order chi connectivity index (χ0) is 13.9. The zero-order valence-electron chi connectivity index (χ0n) is 11.0. The first-order valence-corrected chi connectivity index (χ1v) is 6.49. The molecule has 19 heavy (non-hydrogen) atoms. The van der Waals surface area contributed by atoms with Crippen molar-refractivity contribution in [2.45, 2.75) is 38.1 Å². The second kappa shape index (κ2) is 5.52. The Labute approximate surface area is 111 Å². The van der Waals surface area contributed by atoms with Crippen molar-refractivity contribution in [3.63, 3.8) is 0 Å². The Morgan fingerprint density at radius 1 is 1.58 bits per heavy atom. The van der Waals surface area contributed by atoms with E-state index in [2.05, 4.69) is 22.2 Å². The first-order chi connectivity index (χ1) is 9.04. The minimum absolute atomic E-state index is 0.0102. The summed E-state index contributed by atoms with van der Waals surface area (Å²) >= 11 is 0. The van der Waals surface area contributed by atoms with Gasteiger partial charge in [-0.3, -0.25) is 4.98 Å². The summed E-state index contributed by atoms with van der Waals surface area (Å²) in [7, 11) is 0. The summed E-state index contributed by atoms with van der Waals surface area (Å²) in [5.74, 6) is -0.168. The molecular weight excluding hydrogens is 246 g/mol. The van der Waals surface area contributed by atoms with E-state index in [9.17, 15) is 9.90 Å². The Kier molecular flexibility index (Phi) is 3.99. The molecule has 1 saturated carbocycles. The number of anilines is 1. The largest absolute Gasteiger partial charge is 0.476 e. The van der Waals surface area contributed by atoms with Gasteiger partial charge in [-0.15, -0.1) is 0 Å². The zero-order valence-corrected chi connectivity index (χ0v) is 11.0. The fraction of sp³-hybridized carbons (Fsp3) is 0.615. The van der Waals surface area contributed by atoms with Gasteiger partial charge >= 0.3 is 5.97 Å². The highest BCUT2D eigenvalue weighted by atomic mass is 16.4. The topological polar surface area (TPSA) is 95.3 Å². The average Bonchev–Trinajstić information content (AvgIpc) is 2.39. The molecular formula is C13H19N3O3. The third-order valence-electron chi connectivity index (χ3n) is 3.64. The number of carboxylic acid groups (broad SMARTS) is 1. The molecule has 0 bridgehead atoms. The maximum absolute atomic E-state index is 10.9. The number of hydrogen-bond donors (Lipinski definition) is 3. The number of aliphatic hydroxyl groups is 1. The molecule has 6 nitrogen and oxygen atoms in total. The first kappa shape index (κ1) is 13.7. The number of hydrogen-bond acceptors (Lipinski definition) is 5. The average molecular weight is 265 g/mol. The fourth-order valence-corrected chi connectivity index (χ4v) is 2.76. The summed E-state index contributed by atoms with van der Waals surface area (Å²) in [5, 5.41) is 21.8. The van der Waals surface area contributed by atoms with Gasteiger partial charge in [0.15, 0.2) is 5.69 Å². The molecule has 1 aromatic heterocycles. The molecule has 1 fully saturated rings. The van der Waals surface area contributed by atoms with Crippen molar-refractivity contribution in [2.24, 2.45) is 5.92 Å². The summed E-state index contributed by atoms with van der Waals surface area (Å²) in [6.45, 7) is 2.17. The molecule has 0 saturated heterocycles. The third kappa shape index (κ3) is 3.20. The fourth-order valence-electron chi connectivity index (χ4n) is 2.76. The summed E-state index contributed by atoms with van der Waals surface area (Å²) in [4.78, 5) is 18.7. The minimum Gasteiger partial charge on any atom is -0.476 e. The predicted molar refractivity (Wildman–Crippen MR) is 70.1 cm³/mol. The van der Waals surface area contributed by atoms with Gasteiger partial charge in [0.1, 0.15) is 5.82 Å². The summed E-state index contributed by atoms with van der Waals surface area (Å²) < 4.78 is 0. The van der Waals surface area contributed by atoms with Gasteiger partial charge < -0.3 is 15.5 Å². The molecule has 1 heterocycles. The molecule has 0 spiro atoms. The lowest BCUT2D eigenvalue weighted by Crippen LogP contribution is -2.46. The molecule has 1 aliphatic rings. The standard InChI is InChI=1S/C13H19N3O3/c1-9-3-2-4-13(5-9,8-17)16-11-7-14-6-10(15-11)12(18)19/h6-7,9,17H,2-5,8H2,1H3,(H,15,16)(H,18,19). The smallest absolute Gasteiger partial charge is 0.356 e. The van der Waals surface area contributed by atoms with Gasteiger partial charge in [0, 0.05) is 0 Å². The van der Waals surface area contributed by atoms with Crippen LogP contribution in [0.1, 0.15) is 43.1 Å². The van der Waals surface area contributed by atoms with Crippen molar-refractivity contribution < 1.29 is 15.0 Å². The Morgan fingerprint density at radius 2 is 2.37 bits per heavy atom. The maximum Gasteiger partial charge on any atom is 0.356 e. The number of aromatic nitrogens is 2. The van der Waals surface area contributed by atoms with Gasteiger partial charge in [0.05, 0.1) is 24.5 Å². The molecule has 0 aliphatic heterocycles. The van der Waals surface area contributed by atoms with Gasteiger partial charge in [-0.1, -0.05) is 19.8 Å². The van der Waals surface area contributed by atoms with Crippen molar-refractivity contribution in [3.05, 3.63) is 18.1 Å². The number of nitrogens with zero attached hydrogens (tertiary/aromatic N) is 2. The molecule has 1 aromatic rings. The molecule has 2 unspecified atom stereocenters. The van der Waals surface area contributed by atoms with Crippen LogP contribution >= 0.6 is 0 Å². The molecule has 6 heteroatoms. The van der Waals surface area contributed by atoms with Gasteiger partial charge in [0.25, 0.3) is 0 Å². The normalized spacial score (nSPS) is 26.9. The Bertz CT molecular complexity index is 466. The Hall–Kier alpha value is -1.69. The molecule has 1 aliphatic carbocycles. The van der Waals surface area contributed by atoms with E-state index in [4.69, 9.17) is 5.11 Å². The van der Waals surface area contributed by atoms with Gasteiger partial charge in [-0.25, -0.2) is 9.78 Å². The SMILES string of the molecule is CC1CCCC(CO)(Nc2cncc(C(=O)O)n2)C1. The number of aliphatic hydroxyl groups excluding tert-OH is 1. The van der Waals surface area contributed by atoms with Crippen molar-refractivity contribution in [2.75, 3.05) is 11.9 Å². The van der Waals surface area contributed by atoms with E-state index in [0.29, 0.717) is 11.7 Å². The second-order valence-corrected chi connectivity index (χ2v) is 5.36. The highest BCUT2D eigenvalue weighted by Gasteiger charge is 2.34. The number of nitrogens with one attached hydrogen (secondary N) is 1. The molecule has 104 valence electrons. The van der Waals surface area contributed by atoms with E-state index in [-0.39, 0.29) is 12.3 Å². The Balaban J connectivity index is 2.18. The third-order valence-corrected chi connectivity index (χ3v) is 3.64. The maximum atomic E-state index is 10.9. The molecule has 0 radical (unpaired) electrons. The monoisotopic (exact) mass is 265 g/mol. The second-order valence-electron chi connectivity index (χ2n) is 5.36. The lowest BCUT2D eigenvalue weighted by molar-refractivity contribution is 0.0690. The quantitative estimate of drug-likeness (QED) is 0.764. The van der Waals surface area contributed by atoms with Crippen LogP contribution in [-0.4, -0.2) is 38.3 Å². The van der Waals surface area contributed by atoms with Gasteiger partial charge in [-0.2, -0.15) is 0 Å². The van der Waals surface area contributed by atoms with Crippen LogP contribution in [0.4, 0.5) is 5.82 Å². The predicted octanol–water partition coefficient (Wildman–Crippen LogP) is 1.53.